The SMILES string of the molecule is CN=C(NCC1CCCOC1C(C)(C)C)NCC1CN2CCN1CC2. The Morgan fingerprint density at radius 2 is 1.84 bits per heavy atom. The van der Waals surface area contributed by atoms with Crippen LogP contribution in [0.1, 0.15) is 33.6 Å². The molecule has 0 amide bonds. The Kier molecular flexibility index (Phi) is 6.23. The average molecular weight is 352 g/mol. The molecule has 3 atom stereocenters. The Morgan fingerprint density at radius 1 is 1.12 bits per heavy atom. The zero-order valence-electron chi connectivity index (χ0n) is 16.6. The summed E-state index contributed by atoms with van der Waals surface area (Å²) in [4.78, 5) is 9.62. The van der Waals surface area contributed by atoms with E-state index in [0.29, 0.717) is 18.1 Å². The van der Waals surface area contributed by atoms with E-state index < -0.39 is 0 Å². The number of fused-ring (bicyclic) bond motifs is 3. The third-order valence-corrected chi connectivity index (χ3v) is 5.95. The van der Waals surface area contributed by atoms with Crippen molar-refractivity contribution in [1.29, 1.82) is 0 Å². The van der Waals surface area contributed by atoms with Gasteiger partial charge in [0.2, 0.25) is 0 Å². The van der Waals surface area contributed by atoms with E-state index in [1.54, 1.807) is 0 Å². The number of ether oxygens (including phenoxy) is 1. The van der Waals surface area contributed by atoms with E-state index in [1.165, 1.54) is 39.1 Å². The first kappa shape index (κ1) is 18.9. The molecule has 0 aromatic heterocycles. The molecule has 25 heavy (non-hydrogen) atoms. The molecule has 6 heteroatoms. The Balaban J connectivity index is 1.46. The van der Waals surface area contributed by atoms with E-state index in [9.17, 15) is 0 Å². The first-order valence-electron chi connectivity index (χ1n) is 10.00. The number of nitrogens with one attached hydrogen (secondary N) is 2. The first-order chi connectivity index (χ1) is 12.0. The molecule has 0 aromatic rings. The minimum Gasteiger partial charge on any atom is -0.377 e. The smallest absolute Gasteiger partial charge is 0.191 e. The minimum absolute atomic E-state index is 0.187. The van der Waals surface area contributed by atoms with Gasteiger partial charge < -0.3 is 15.4 Å². The summed E-state index contributed by atoms with van der Waals surface area (Å²) in [7, 11) is 1.87. The number of rotatable bonds is 4. The lowest BCUT2D eigenvalue weighted by atomic mass is 9.78. The predicted molar refractivity (Wildman–Crippen MR) is 103 cm³/mol. The molecule has 2 bridgehead atoms. The van der Waals surface area contributed by atoms with Gasteiger partial charge in [-0.1, -0.05) is 20.8 Å². The Hall–Kier alpha value is -0.850. The number of piperazine rings is 3. The van der Waals surface area contributed by atoms with Crippen molar-refractivity contribution in [3.63, 3.8) is 0 Å². The molecule has 4 aliphatic heterocycles. The van der Waals surface area contributed by atoms with Gasteiger partial charge in [0.05, 0.1) is 6.10 Å². The van der Waals surface area contributed by atoms with Crippen molar-refractivity contribution < 1.29 is 4.74 Å². The van der Waals surface area contributed by atoms with Crippen molar-refractivity contribution >= 4 is 5.96 Å². The third kappa shape index (κ3) is 4.86. The summed E-state index contributed by atoms with van der Waals surface area (Å²) in [6.45, 7) is 15.7. The normalized spacial score (nSPS) is 36.3. The van der Waals surface area contributed by atoms with Crippen LogP contribution in [0.5, 0.6) is 0 Å². The Morgan fingerprint density at radius 3 is 2.44 bits per heavy atom. The van der Waals surface area contributed by atoms with Crippen LogP contribution in [0.25, 0.3) is 0 Å². The van der Waals surface area contributed by atoms with Gasteiger partial charge in [0.1, 0.15) is 0 Å². The maximum absolute atomic E-state index is 6.10. The fourth-order valence-corrected chi connectivity index (χ4v) is 4.59. The largest absolute Gasteiger partial charge is 0.377 e. The molecule has 4 saturated heterocycles. The lowest BCUT2D eigenvalue weighted by Crippen LogP contribution is -2.64. The summed E-state index contributed by atoms with van der Waals surface area (Å²) in [5.41, 5.74) is 0.187. The summed E-state index contributed by atoms with van der Waals surface area (Å²) in [5, 5.41) is 7.10. The number of guanidine groups is 1. The molecular weight excluding hydrogens is 314 g/mol. The van der Waals surface area contributed by atoms with Gasteiger partial charge in [-0.25, -0.2) is 0 Å². The van der Waals surface area contributed by atoms with Crippen molar-refractivity contribution in [1.82, 2.24) is 20.4 Å². The maximum Gasteiger partial charge on any atom is 0.191 e. The van der Waals surface area contributed by atoms with Crippen LogP contribution in [-0.2, 0) is 4.74 Å². The first-order valence-corrected chi connectivity index (χ1v) is 10.00. The monoisotopic (exact) mass is 351 g/mol. The molecule has 0 aliphatic carbocycles. The van der Waals surface area contributed by atoms with Crippen LogP contribution in [0.3, 0.4) is 0 Å². The number of nitrogens with zero attached hydrogens (tertiary/aromatic N) is 3. The molecule has 0 saturated carbocycles. The fraction of sp³-hybridized carbons (Fsp3) is 0.947. The van der Waals surface area contributed by atoms with Gasteiger partial charge in [-0.3, -0.25) is 14.8 Å². The van der Waals surface area contributed by atoms with Crippen molar-refractivity contribution in [3.05, 3.63) is 0 Å². The van der Waals surface area contributed by atoms with Crippen molar-refractivity contribution in [2.24, 2.45) is 16.3 Å². The summed E-state index contributed by atoms with van der Waals surface area (Å²) in [5.74, 6) is 1.48. The van der Waals surface area contributed by atoms with Gasteiger partial charge in [-0.2, -0.15) is 0 Å². The van der Waals surface area contributed by atoms with Gasteiger partial charge in [0.15, 0.2) is 5.96 Å². The highest BCUT2D eigenvalue weighted by Crippen LogP contribution is 2.33. The number of hydrogen-bond acceptors (Lipinski definition) is 4. The van der Waals surface area contributed by atoms with E-state index >= 15 is 0 Å². The average Bonchev–Trinajstić information content (AvgIpc) is 2.62. The Labute approximate surface area is 153 Å². The molecule has 144 valence electrons. The molecule has 4 rings (SSSR count). The van der Waals surface area contributed by atoms with Crippen LogP contribution in [0, 0.1) is 11.3 Å². The standard InChI is InChI=1S/C19H37N5O/c1-19(2,3)17-15(6-5-11-25-17)12-21-18(20-4)22-13-16-14-23-7-9-24(16)10-8-23/h15-17H,5-14H2,1-4H3,(H2,20,21,22). The molecule has 4 aliphatic rings. The second kappa shape index (κ2) is 8.23. The van der Waals surface area contributed by atoms with Crippen LogP contribution >= 0.6 is 0 Å². The number of aliphatic imine (C=N–C) groups is 1. The van der Waals surface area contributed by atoms with E-state index in [2.05, 4.69) is 46.2 Å². The van der Waals surface area contributed by atoms with Crippen LogP contribution in [0.15, 0.2) is 4.99 Å². The van der Waals surface area contributed by atoms with Gasteiger partial charge in [0, 0.05) is 71.4 Å². The second-order valence-corrected chi connectivity index (χ2v) is 8.88. The molecule has 4 fully saturated rings. The molecule has 6 nitrogen and oxygen atoms in total. The molecule has 0 aromatic carbocycles. The summed E-state index contributed by atoms with van der Waals surface area (Å²) in [6, 6.07) is 0.612. The molecule has 3 unspecified atom stereocenters. The fourth-order valence-electron chi connectivity index (χ4n) is 4.59. The van der Waals surface area contributed by atoms with Crippen LogP contribution in [0.2, 0.25) is 0 Å². The van der Waals surface area contributed by atoms with Crippen molar-refractivity contribution in [2.75, 3.05) is 59.5 Å². The van der Waals surface area contributed by atoms with Crippen LogP contribution < -0.4 is 10.6 Å². The minimum atomic E-state index is 0.187. The quantitative estimate of drug-likeness (QED) is 0.584. The van der Waals surface area contributed by atoms with Gasteiger partial charge >= 0.3 is 0 Å². The summed E-state index contributed by atoms with van der Waals surface area (Å²) >= 11 is 0. The molecule has 2 N–H and O–H groups in total. The maximum atomic E-state index is 6.10. The van der Waals surface area contributed by atoms with Crippen molar-refractivity contribution in [2.45, 2.75) is 45.8 Å². The van der Waals surface area contributed by atoms with Gasteiger partial charge in [0.25, 0.3) is 0 Å². The zero-order chi connectivity index (χ0) is 17.9. The summed E-state index contributed by atoms with van der Waals surface area (Å²) in [6.07, 6.45) is 2.72. The molecular formula is C19H37N5O. The van der Waals surface area contributed by atoms with Gasteiger partial charge in [-0.15, -0.1) is 0 Å². The highest BCUT2D eigenvalue weighted by molar-refractivity contribution is 5.79. The van der Waals surface area contributed by atoms with E-state index in [4.69, 9.17) is 4.74 Å². The topological polar surface area (TPSA) is 52.1 Å². The second-order valence-electron chi connectivity index (χ2n) is 8.88. The van der Waals surface area contributed by atoms with E-state index in [0.717, 1.165) is 32.1 Å². The summed E-state index contributed by atoms with van der Waals surface area (Å²) < 4.78 is 6.10. The molecule has 0 spiro atoms. The number of hydrogen-bond donors (Lipinski definition) is 2. The van der Waals surface area contributed by atoms with Crippen molar-refractivity contribution in [3.8, 4) is 0 Å². The Bertz CT molecular complexity index is 453. The zero-order valence-corrected chi connectivity index (χ0v) is 16.6. The van der Waals surface area contributed by atoms with Gasteiger partial charge in [-0.05, 0) is 18.3 Å². The highest BCUT2D eigenvalue weighted by atomic mass is 16.5. The van der Waals surface area contributed by atoms with Crippen LogP contribution in [0.4, 0.5) is 0 Å². The third-order valence-electron chi connectivity index (χ3n) is 5.95. The molecule has 0 radical (unpaired) electrons. The molecule has 4 heterocycles. The predicted octanol–water partition coefficient (Wildman–Crippen LogP) is 0.993. The lowest BCUT2D eigenvalue weighted by Gasteiger charge is -2.47. The van der Waals surface area contributed by atoms with E-state index in [-0.39, 0.29) is 5.41 Å². The van der Waals surface area contributed by atoms with Crippen LogP contribution in [-0.4, -0.2) is 87.4 Å². The highest BCUT2D eigenvalue weighted by Gasteiger charge is 2.35. The van der Waals surface area contributed by atoms with E-state index in [1.807, 2.05) is 7.05 Å². The lowest BCUT2D eigenvalue weighted by molar-refractivity contribution is -0.0835.